The molecular weight excluding hydrogens is 350 g/mol. The van der Waals surface area contributed by atoms with Crippen LogP contribution in [0.5, 0.6) is 5.75 Å². The van der Waals surface area contributed by atoms with Gasteiger partial charge in [-0.25, -0.2) is 9.78 Å². The summed E-state index contributed by atoms with van der Waals surface area (Å²) in [7, 11) is 0. The first-order valence-electron chi connectivity index (χ1n) is 8.50. The van der Waals surface area contributed by atoms with Crippen molar-refractivity contribution >= 4 is 32.8 Å². The molecule has 0 bridgehead atoms. The number of nitrogens with one attached hydrogen (secondary N) is 1. The van der Waals surface area contributed by atoms with Gasteiger partial charge in [0.1, 0.15) is 5.75 Å². The number of rotatable bonds is 4. The second-order valence-corrected chi connectivity index (χ2v) is 7.07. The maximum absolute atomic E-state index is 12.0. The smallest absolute Gasteiger partial charge is 0.410 e. The van der Waals surface area contributed by atoms with Crippen molar-refractivity contribution in [3.63, 3.8) is 0 Å². The largest absolute Gasteiger partial charge is 0.418 e. The number of benzene rings is 2. The van der Waals surface area contributed by atoms with Crippen molar-refractivity contribution in [2.45, 2.75) is 6.54 Å². The van der Waals surface area contributed by atoms with Crippen molar-refractivity contribution < 1.29 is 14.3 Å². The second kappa shape index (κ2) is 7.82. The Balaban J connectivity index is 1.42. The van der Waals surface area contributed by atoms with Crippen LogP contribution < -0.4 is 10.1 Å². The van der Waals surface area contributed by atoms with E-state index >= 15 is 0 Å². The van der Waals surface area contributed by atoms with Crippen molar-refractivity contribution in [1.82, 2.24) is 9.88 Å². The molecule has 1 saturated heterocycles. The number of thiazole rings is 1. The summed E-state index contributed by atoms with van der Waals surface area (Å²) in [5, 5.41) is 3.23. The molecule has 1 N–H and O–H groups in total. The van der Waals surface area contributed by atoms with Gasteiger partial charge in [0.05, 0.1) is 23.4 Å². The van der Waals surface area contributed by atoms with E-state index in [-0.39, 0.29) is 0 Å². The molecule has 0 spiro atoms. The topological polar surface area (TPSA) is 63.7 Å². The Morgan fingerprint density at radius 3 is 2.81 bits per heavy atom. The molecule has 0 radical (unpaired) electrons. The van der Waals surface area contributed by atoms with Crippen molar-refractivity contribution in [3.8, 4) is 5.75 Å². The Bertz CT molecular complexity index is 891. The molecule has 1 aromatic heterocycles. The minimum Gasteiger partial charge on any atom is -0.410 e. The van der Waals surface area contributed by atoms with E-state index in [4.69, 9.17) is 9.47 Å². The molecule has 3 aromatic rings. The van der Waals surface area contributed by atoms with E-state index in [1.807, 2.05) is 24.3 Å². The maximum atomic E-state index is 12.0. The van der Waals surface area contributed by atoms with Gasteiger partial charge in [0, 0.05) is 19.6 Å². The minimum atomic E-state index is -0.538. The highest BCUT2D eigenvalue weighted by molar-refractivity contribution is 7.22. The predicted octanol–water partition coefficient (Wildman–Crippen LogP) is 3.74. The van der Waals surface area contributed by atoms with Crippen LogP contribution in [0, 0.1) is 0 Å². The maximum Gasteiger partial charge on any atom is 0.418 e. The zero-order chi connectivity index (χ0) is 17.8. The average Bonchev–Trinajstić information content (AvgIpc) is 3.04. The van der Waals surface area contributed by atoms with Crippen molar-refractivity contribution in [3.05, 3.63) is 54.1 Å². The van der Waals surface area contributed by atoms with E-state index in [0.717, 1.165) is 43.1 Å². The quantitative estimate of drug-likeness (QED) is 0.759. The summed E-state index contributed by atoms with van der Waals surface area (Å²) in [6.45, 7) is 4.40. The third-order valence-corrected chi connectivity index (χ3v) is 5.06. The lowest BCUT2D eigenvalue weighted by Gasteiger charge is -2.26. The first-order valence-corrected chi connectivity index (χ1v) is 9.31. The number of amides is 1. The summed E-state index contributed by atoms with van der Waals surface area (Å²) in [6, 6.07) is 15.2. The Labute approximate surface area is 155 Å². The van der Waals surface area contributed by atoms with Gasteiger partial charge in [0.15, 0.2) is 5.13 Å². The number of nitrogens with zero attached hydrogens (tertiary/aromatic N) is 2. The van der Waals surface area contributed by atoms with Gasteiger partial charge in [-0.2, -0.15) is 0 Å². The average molecular weight is 369 g/mol. The van der Waals surface area contributed by atoms with Crippen LogP contribution in [0.25, 0.3) is 10.2 Å². The second-order valence-electron chi connectivity index (χ2n) is 6.04. The van der Waals surface area contributed by atoms with Crippen LogP contribution in [-0.4, -0.2) is 42.3 Å². The Morgan fingerprint density at radius 2 is 2.00 bits per heavy atom. The molecule has 1 amide bonds. The lowest BCUT2D eigenvalue weighted by Crippen LogP contribution is -2.35. The van der Waals surface area contributed by atoms with Crippen molar-refractivity contribution in [1.29, 1.82) is 0 Å². The normalized spacial score (nSPS) is 15.1. The van der Waals surface area contributed by atoms with Gasteiger partial charge in [-0.05, 0) is 29.8 Å². The van der Waals surface area contributed by atoms with E-state index < -0.39 is 6.09 Å². The number of hydrogen-bond donors (Lipinski definition) is 1. The van der Waals surface area contributed by atoms with E-state index in [9.17, 15) is 4.79 Å². The number of carbonyl (C=O) groups excluding carboxylic acids is 1. The monoisotopic (exact) mass is 369 g/mol. The van der Waals surface area contributed by atoms with Gasteiger partial charge in [0.2, 0.25) is 0 Å². The van der Waals surface area contributed by atoms with E-state index in [2.05, 4.69) is 27.3 Å². The summed E-state index contributed by atoms with van der Waals surface area (Å²) in [5.74, 6) is 0.499. The third-order valence-electron chi connectivity index (χ3n) is 4.13. The predicted molar refractivity (Wildman–Crippen MR) is 102 cm³/mol. The molecule has 0 saturated carbocycles. The molecular formula is C19H19N3O3S. The molecule has 1 fully saturated rings. The van der Waals surface area contributed by atoms with Crippen LogP contribution in [-0.2, 0) is 11.3 Å². The van der Waals surface area contributed by atoms with Crippen LogP contribution in [0.1, 0.15) is 5.56 Å². The fourth-order valence-electron chi connectivity index (χ4n) is 2.85. The van der Waals surface area contributed by atoms with Crippen LogP contribution in [0.3, 0.4) is 0 Å². The molecule has 7 heteroatoms. The fraction of sp³-hybridized carbons (Fsp3) is 0.263. The first kappa shape index (κ1) is 17.0. The first-order chi connectivity index (χ1) is 12.8. The van der Waals surface area contributed by atoms with Gasteiger partial charge in [0.25, 0.3) is 0 Å². The molecule has 0 aliphatic carbocycles. The molecule has 6 nitrogen and oxygen atoms in total. The summed E-state index contributed by atoms with van der Waals surface area (Å²) in [5.41, 5.74) is 2.11. The lowest BCUT2D eigenvalue weighted by atomic mass is 10.2. The highest BCUT2D eigenvalue weighted by Crippen LogP contribution is 2.27. The zero-order valence-corrected chi connectivity index (χ0v) is 15.0. The number of hydrogen-bond acceptors (Lipinski definition) is 6. The number of morpholine rings is 1. The number of anilines is 1. The number of ether oxygens (including phenoxy) is 2. The zero-order valence-electron chi connectivity index (χ0n) is 14.2. The molecule has 2 heterocycles. The van der Waals surface area contributed by atoms with E-state index in [0.29, 0.717) is 10.9 Å². The van der Waals surface area contributed by atoms with Gasteiger partial charge in [-0.1, -0.05) is 35.6 Å². The summed E-state index contributed by atoms with van der Waals surface area (Å²) < 4.78 is 11.7. The van der Waals surface area contributed by atoms with Crippen LogP contribution in [0.15, 0.2) is 48.5 Å². The third kappa shape index (κ3) is 4.19. The van der Waals surface area contributed by atoms with Crippen molar-refractivity contribution in [2.75, 3.05) is 31.6 Å². The van der Waals surface area contributed by atoms with Gasteiger partial charge in [-0.15, -0.1) is 0 Å². The molecule has 1 aliphatic heterocycles. The highest BCUT2D eigenvalue weighted by atomic mass is 32.1. The Morgan fingerprint density at radius 1 is 1.19 bits per heavy atom. The number of aromatic nitrogens is 1. The van der Waals surface area contributed by atoms with E-state index in [1.165, 1.54) is 16.9 Å². The SMILES string of the molecule is O=C(Nc1nc2ccc(CN3CCOCC3)cc2s1)Oc1ccccc1. The highest BCUT2D eigenvalue weighted by Gasteiger charge is 2.13. The van der Waals surface area contributed by atoms with E-state index in [1.54, 1.807) is 12.1 Å². The summed E-state index contributed by atoms with van der Waals surface area (Å²) >= 11 is 1.45. The molecule has 134 valence electrons. The molecule has 1 aliphatic rings. The van der Waals surface area contributed by atoms with Crippen LogP contribution in [0.2, 0.25) is 0 Å². The molecule has 26 heavy (non-hydrogen) atoms. The van der Waals surface area contributed by atoms with Crippen LogP contribution in [0.4, 0.5) is 9.93 Å². The van der Waals surface area contributed by atoms with Gasteiger partial charge in [-0.3, -0.25) is 10.2 Å². The summed E-state index contributed by atoms with van der Waals surface area (Å²) in [6.07, 6.45) is -0.538. The summed E-state index contributed by atoms with van der Waals surface area (Å²) in [4.78, 5) is 18.8. The number of carbonyl (C=O) groups is 1. The van der Waals surface area contributed by atoms with Crippen LogP contribution >= 0.6 is 11.3 Å². The molecule has 0 unspecified atom stereocenters. The van der Waals surface area contributed by atoms with Gasteiger partial charge < -0.3 is 9.47 Å². The Hall–Kier alpha value is -2.48. The van der Waals surface area contributed by atoms with Crippen molar-refractivity contribution in [2.24, 2.45) is 0 Å². The van der Waals surface area contributed by atoms with Gasteiger partial charge >= 0.3 is 6.09 Å². The minimum absolute atomic E-state index is 0.499. The molecule has 4 rings (SSSR count). The standard InChI is InChI=1S/C19H19N3O3S/c23-19(25-15-4-2-1-3-5-15)21-18-20-16-7-6-14(12-17(16)26-18)13-22-8-10-24-11-9-22/h1-7,12H,8-11,13H2,(H,20,21,23). The Kier molecular flexibility index (Phi) is 5.10. The lowest BCUT2D eigenvalue weighted by molar-refractivity contribution is 0.0342. The molecule has 2 aromatic carbocycles. The molecule has 0 atom stereocenters. The fourth-order valence-corrected chi connectivity index (χ4v) is 3.76. The number of fused-ring (bicyclic) bond motifs is 1. The number of para-hydroxylation sites is 1.